The van der Waals surface area contributed by atoms with Gasteiger partial charge in [-0.1, -0.05) is 41.9 Å². The number of hydrogen-bond acceptors (Lipinski definition) is 6. The number of pyridine rings is 1. The lowest BCUT2D eigenvalue weighted by molar-refractivity contribution is -0.384. The third-order valence-electron chi connectivity index (χ3n) is 6.25. The van der Waals surface area contributed by atoms with E-state index in [0.717, 1.165) is 5.56 Å². The maximum atomic E-state index is 13.7. The Morgan fingerprint density at radius 2 is 1.83 bits per heavy atom. The minimum Gasteiger partial charge on any atom is -0.362 e. The lowest BCUT2D eigenvalue weighted by Gasteiger charge is -2.36. The average molecular weight is 491 g/mol. The molecule has 9 nitrogen and oxygen atoms in total. The lowest BCUT2D eigenvalue weighted by atomic mass is 10.1. The molecule has 0 radical (unpaired) electrons. The van der Waals surface area contributed by atoms with E-state index < -0.39 is 4.92 Å². The highest BCUT2D eigenvalue weighted by atomic mass is 35.5. The topological polar surface area (TPSA) is 97.4 Å². The number of carbonyl (C=O) groups excluding carboxylic acids is 1. The first-order chi connectivity index (χ1) is 17.0. The minimum atomic E-state index is -0.428. The molecule has 2 aromatic carbocycles. The Hall–Kier alpha value is -3.98. The molecule has 3 heterocycles. The molecule has 1 amide bonds. The van der Waals surface area contributed by atoms with Gasteiger partial charge in [-0.25, -0.2) is 9.67 Å². The molecule has 5 rings (SSSR count). The van der Waals surface area contributed by atoms with E-state index in [1.807, 2.05) is 48.2 Å². The van der Waals surface area contributed by atoms with Crippen LogP contribution in [0.4, 0.5) is 11.4 Å². The molecule has 4 aromatic rings. The fourth-order valence-electron chi connectivity index (χ4n) is 4.44. The Labute approximate surface area is 206 Å². The van der Waals surface area contributed by atoms with Gasteiger partial charge in [-0.3, -0.25) is 14.9 Å². The summed E-state index contributed by atoms with van der Waals surface area (Å²) in [6.07, 6.45) is 1.70. The van der Waals surface area contributed by atoms with Crippen LogP contribution in [0.2, 0.25) is 5.02 Å². The van der Waals surface area contributed by atoms with Crippen molar-refractivity contribution in [1.29, 1.82) is 0 Å². The number of benzene rings is 2. The third-order valence-corrected chi connectivity index (χ3v) is 6.49. The van der Waals surface area contributed by atoms with Crippen molar-refractivity contribution in [3.8, 4) is 11.3 Å². The molecule has 10 heteroatoms. The zero-order valence-corrected chi connectivity index (χ0v) is 19.9. The molecule has 35 heavy (non-hydrogen) atoms. The number of hydrogen-bond donors (Lipinski definition) is 0. The van der Waals surface area contributed by atoms with Crippen molar-refractivity contribution in [3.05, 3.63) is 81.5 Å². The second-order valence-electron chi connectivity index (χ2n) is 8.29. The standard InChI is InChI=1S/C25H23ClN6O3/c1-2-31-24-20(16-27-31)19(15-21(28-24)17-6-4-3-5-7-17)25(33)30-12-10-29(11-13-30)22-9-8-18(26)14-23(22)32(34)35/h3-9,14-16H,2,10-13H2,1H3. The van der Waals surface area contributed by atoms with E-state index in [9.17, 15) is 14.9 Å². The van der Waals surface area contributed by atoms with Crippen molar-refractivity contribution in [3.63, 3.8) is 0 Å². The number of nitro benzene ring substituents is 1. The number of rotatable bonds is 5. The normalized spacial score (nSPS) is 13.9. The van der Waals surface area contributed by atoms with Crippen molar-refractivity contribution >= 4 is 39.9 Å². The summed E-state index contributed by atoms with van der Waals surface area (Å²) in [4.78, 5) is 33.3. The molecule has 0 aliphatic carbocycles. The van der Waals surface area contributed by atoms with Gasteiger partial charge in [-0.15, -0.1) is 0 Å². The number of piperazine rings is 1. The first-order valence-corrected chi connectivity index (χ1v) is 11.7. The molecule has 0 spiro atoms. The minimum absolute atomic E-state index is 0.0346. The molecule has 0 N–H and O–H groups in total. The Kier molecular flexibility index (Phi) is 6.08. The molecule has 0 saturated carbocycles. The molecule has 0 bridgehead atoms. The highest BCUT2D eigenvalue weighted by Crippen LogP contribution is 2.32. The highest BCUT2D eigenvalue weighted by molar-refractivity contribution is 6.30. The van der Waals surface area contributed by atoms with Crippen LogP contribution in [-0.4, -0.2) is 56.7 Å². The van der Waals surface area contributed by atoms with Gasteiger partial charge >= 0.3 is 0 Å². The van der Waals surface area contributed by atoms with Crippen molar-refractivity contribution in [1.82, 2.24) is 19.7 Å². The number of carbonyl (C=O) groups is 1. The summed E-state index contributed by atoms with van der Waals surface area (Å²) in [7, 11) is 0. The zero-order chi connectivity index (χ0) is 24.5. The van der Waals surface area contributed by atoms with Gasteiger partial charge in [0.1, 0.15) is 5.69 Å². The zero-order valence-electron chi connectivity index (χ0n) is 19.1. The van der Waals surface area contributed by atoms with Crippen molar-refractivity contribution in [2.45, 2.75) is 13.5 Å². The van der Waals surface area contributed by atoms with E-state index >= 15 is 0 Å². The molecular formula is C25H23ClN6O3. The molecule has 1 fully saturated rings. The maximum absolute atomic E-state index is 13.7. The van der Waals surface area contributed by atoms with Crippen molar-refractivity contribution < 1.29 is 9.72 Å². The number of aryl methyl sites for hydroxylation is 1. The largest absolute Gasteiger partial charge is 0.362 e. The van der Waals surface area contributed by atoms with Gasteiger partial charge < -0.3 is 9.80 Å². The SMILES string of the molecule is CCn1ncc2c(C(=O)N3CCN(c4ccc(Cl)cc4[N+](=O)[O-])CC3)cc(-c3ccccc3)nc21. The molecule has 1 aliphatic heterocycles. The summed E-state index contributed by atoms with van der Waals surface area (Å²) in [5.74, 6) is -0.101. The van der Waals surface area contributed by atoms with Crippen LogP contribution in [0.3, 0.4) is 0 Å². The second kappa shape index (κ2) is 9.34. The van der Waals surface area contributed by atoms with Crippen LogP contribution in [0.5, 0.6) is 0 Å². The van der Waals surface area contributed by atoms with Crippen LogP contribution in [0, 0.1) is 10.1 Å². The van der Waals surface area contributed by atoms with Crippen LogP contribution < -0.4 is 4.90 Å². The summed E-state index contributed by atoms with van der Waals surface area (Å²) < 4.78 is 1.79. The molecule has 178 valence electrons. The lowest BCUT2D eigenvalue weighted by Crippen LogP contribution is -2.49. The van der Waals surface area contributed by atoms with Crippen LogP contribution in [0.25, 0.3) is 22.3 Å². The van der Waals surface area contributed by atoms with Crippen LogP contribution in [0.15, 0.2) is 60.8 Å². The first kappa shape index (κ1) is 22.8. The van der Waals surface area contributed by atoms with E-state index in [0.29, 0.717) is 65.7 Å². The van der Waals surface area contributed by atoms with Crippen molar-refractivity contribution in [2.24, 2.45) is 0 Å². The summed E-state index contributed by atoms with van der Waals surface area (Å²) in [5.41, 5.74) is 3.34. The second-order valence-corrected chi connectivity index (χ2v) is 8.72. The number of nitro groups is 1. The number of anilines is 1. The third kappa shape index (κ3) is 4.30. The smallest absolute Gasteiger partial charge is 0.294 e. The van der Waals surface area contributed by atoms with Crippen LogP contribution >= 0.6 is 11.6 Å². The fraction of sp³-hybridized carbons (Fsp3) is 0.240. The monoisotopic (exact) mass is 490 g/mol. The van der Waals surface area contributed by atoms with Gasteiger partial charge in [0, 0.05) is 49.4 Å². The number of amides is 1. The highest BCUT2D eigenvalue weighted by Gasteiger charge is 2.28. The van der Waals surface area contributed by atoms with Gasteiger partial charge in [-0.2, -0.15) is 5.10 Å². The molecule has 0 unspecified atom stereocenters. The molecule has 1 aliphatic rings. The van der Waals surface area contributed by atoms with E-state index in [1.54, 1.807) is 27.9 Å². The Morgan fingerprint density at radius 3 is 2.51 bits per heavy atom. The molecule has 2 aromatic heterocycles. The average Bonchev–Trinajstić information content (AvgIpc) is 3.31. The summed E-state index contributed by atoms with van der Waals surface area (Å²) in [5, 5.41) is 17.0. The molecule has 0 atom stereocenters. The first-order valence-electron chi connectivity index (χ1n) is 11.4. The van der Waals surface area contributed by atoms with E-state index in [4.69, 9.17) is 16.6 Å². The van der Waals surface area contributed by atoms with Gasteiger partial charge in [0.05, 0.1) is 27.8 Å². The van der Waals surface area contributed by atoms with Crippen LogP contribution in [0.1, 0.15) is 17.3 Å². The Balaban J connectivity index is 1.44. The van der Waals surface area contributed by atoms with Crippen molar-refractivity contribution in [2.75, 3.05) is 31.1 Å². The quantitative estimate of drug-likeness (QED) is 0.298. The molecule has 1 saturated heterocycles. The van der Waals surface area contributed by atoms with E-state index in [-0.39, 0.29) is 11.6 Å². The van der Waals surface area contributed by atoms with Gasteiger partial charge in [0.2, 0.25) is 0 Å². The van der Waals surface area contributed by atoms with Gasteiger partial charge in [0.25, 0.3) is 11.6 Å². The maximum Gasteiger partial charge on any atom is 0.294 e. The fourth-order valence-corrected chi connectivity index (χ4v) is 4.61. The number of halogens is 1. The predicted molar refractivity (Wildman–Crippen MR) is 135 cm³/mol. The number of nitrogens with zero attached hydrogens (tertiary/aromatic N) is 6. The molecular weight excluding hydrogens is 468 g/mol. The summed E-state index contributed by atoms with van der Waals surface area (Å²) in [6, 6.07) is 16.2. The van der Waals surface area contributed by atoms with E-state index in [1.165, 1.54) is 6.07 Å². The predicted octanol–water partition coefficient (Wildman–Crippen LogP) is 4.64. The van der Waals surface area contributed by atoms with Gasteiger partial charge in [0.15, 0.2) is 5.65 Å². The number of aromatic nitrogens is 3. The van der Waals surface area contributed by atoms with Gasteiger partial charge in [-0.05, 0) is 25.1 Å². The summed E-state index contributed by atoms with van der Waals surface area (Å²) in [6.45, 7) is 4.45. The Morgan fingerprint density at radius 1 is 1.09 bits per heavy atom. The van der Waals surface area contributed by atoms with Crippen LogP contribution in [-0.2, 0) is 6.54 Å². The Bertz CT molecular complexity index is 1410. The van der Waals surface area contributed by atoms with E-state index in [2.05, 4.69) is 5.10 Å². The summed E-state index contributed by atoms with van der Waals surface area (Å²) >= 11 is 5.96. The number of fused-ring (bicyclic) bond motifs is 1.